The molecule has 0 radical (unpaired) electrons. The number of hydrogen-bond donors (Lipinski definition) is 0. The maximum atomic E-state index is 12.8. The van der Waals surface area contributed by atoms with Crippen LogP contribution in [0.2, 0.25) is 18.1 Å². The Kier molecular flexibility index (Phi) is 8.16. The van der Waals surface area contributed by atoms with Crippen molar-refractivity contribution < 1.29 is 18.7 Å². The first kappa shape index (κ1) is 27.5. The number of ether oxygens (including phenoxy) is 2. The van der Waals surface area contributed by atoms with Gasteiger partial charge in [-0.25, -0.2) is 0 Å². The summed E-state index contributed by atoms with van der Waals surface area (Å²) in [6.07, 6.45) is 4.18. The first-order valence-electron chi connectivity index (χ1n) is 13.2. The van der Waals surface area contributed by atoms with Gasteiger partial charge in [-0.2, -0.15) is 0 Å². The van der Waals surface area contributed by atoms with Gasteiger partial charge in [0.1, 0.15) is 0 Å². The number of hydrogen-bond acceptors (Lipinski definition) is 4. The van der Waals surface area contributed by atoms with E-state index in [0.29, 0.717) is 18.3 Å². The van der Waals surface area contributed by atoms with Crippen molar-refractivity contribution in [1.82, 2.24) is 0 Å². The van der Waals surface area contributed by atoms with Crippen LogP contribution in [0.3, 0.4) is 0 Å². The second-order valence-corrected chi connectivity index (χ2v) is 17.9. The molecule has 4 nitrogen and oxygen atoms in total. The third-order valence-corrected chi connectivity index (χ3v) is 12.9. The smallest absolute Gasteiger partial charge is 0.209 e. The van der Waals surface area contributed by atoms with Crippen molar-refractivity contribution in [2.75, 3.05) is 13.2 Å². The number of fused-ring (bicyclic) bond motifs is 1. The van der Waals surface area contributed by atoms with Gasteiger partial charge in [-0.15, -0.1) is 11.8 Å². The number of carbonyl (C=O) groups excluding carboxylic acids is 1. The third-order valence-electron chi connectivity index (χ3n) is 8.35. The largest absolute Gasteiger partial charge is 0.413 e. The Bertz CT molecular complexity index is 866. The molecule has 5 atom stereocenters. The summed E-state index contributed by atoms with van der Waals surface area (Å²) in [5.41, 5.74) is 0.0549. The molecule has 34 heavy (non-hydrogen) atoms. The second-order valence-electron chi connectivity index (χ2n) is 13.1. The average Bonchev–Trinajstić information content (AvgIpc) is 3.21. The Morgan fingerprint density at radius 3 is 2.38 bits per heavy atom. The van der Waals surface area contributed by atoms with Crippen LogP contribution in [0.25, 0.3) is 0 Å². The fourth-order valence-corrected chi connectivity index (χ4v) is 6.48. The van der Waals surface area contributed by atoms with Crippen molar-refractivity contribution in [2.24, 2.45) is 29.1 Å². The number of Topliss-reactive ketones (excluding diaryl/α,β-unsaturated/α-hetero) is 1. The molecule has 3 rings (SSSR count). The Morgan fingerprint density at radius 2 is 1.79 bits per heavy atom. The molecule has 0 N–H and O–H groups in total. The Balaban J connectivity index is 1.80. The van der Waals surface area contributed by atoms with Crippen molar-refractivity contribution in [3.8, 4) is 23.7 Å². The molecule has 1 saturated heterocycles. The van der Waals surface area contributed by atoms with Gasteiger partial charge in [0.05, 0.1) is 19.3 Å². The first-order chi connectivity index (χ1) is 15.7. The van der Waals surface area contributed by atoms with E-state index in [1.165, 1.54) is 0 Å². The average molecular weight is 487 g/mol. The van der Waals surface area contributed by atoms with Crippen molar-refractivity contribution >= 4 is 14.1 Å². The second kappa shape index (κ2) is 10.1. The van der Waals surface area contributed by atoms with E-state index < -0.39 is 14.1 Å². The van der Waals surface area contributed by atoms with Crippen LogP contribution in [0.4, 0.5) is 0 Å². The number of ketones is 1. The summed E-state index contributed by atoms with van der Waals surface area (Å²) in [5.74, 6) is 12.8. The summed E-state index contributed by atoms with van der Waals surface area (Å²) < 4.78 is 19.6. The molecule has 2 saturated carbocycles. The standard InChI is InChI=1S/C29H46O4Si/c1-10-11-12-13-21(2)25(30)15-14-23-24-18-29(31-19-28(6,7)20-32-29)17-22(24)16-26(23)33-34(8,9)27(3,4)5/h21-24,26H,10,13,16-20H2,1-9H3/t21-,22+,23+,24-,26+/m0/s1. The molecular weight excluding hydrogens is 440 g/mol. The fourth-order valence-electron chi connectivity index (χ4n) is 5.13. The third kappa shape index (κ3) is 6.17. The van der Waals surface area contributed by atoms with E-state index in [0.717, 1.165) is 38.9 Å². The lowest BCUT2D eigenvalue weighted by Crippen LogP contribution is -2.48. The highest BCUT2D eigenvalue weighted by atomic mass is 28.4. The molecule has 3 fully saturated rings. The van der Waals surface area contributed by atoms with Crippen LogP contribution in [0, 0.1) is 52.8 Å². The van der Waals surface area contributed by atoms with Gasteiger partial charge < -0.3 is 13.9 Å². The molecule has 0 aromatic heterocycles. The highest BCUT2D eigenvalue weighted by molar-refractivity contribution is 6.74. The van der Waals surface area contributed by atoms with Gasteiger partial charge in [-0.3, -0.25) is 4.79 Å². The molecule has 1 heterocycles. The van der Waals surface area contributed by atoms with Gasteiger partial charge in [0.2, 0.25) is 5.78 Å². The minimum Gasteiger partial charge on any atom is -0.413 e. The van der Waals surface area contributed by atoms with E-state index in [4.69, 9.17) is 13.9 Å². The van der Waals surface area contributed by atoms with Crippen molar-refractivity contribution in [3.05, 3.63) is 0 Å². The van der Waals surface area contributed by atoms with Gasteiger partial charge >= 0.3 is 0 Å². The summed E-state index contributed by atoms with van der Waals surface area (Å²) in [6.45, 7) is 21.2. The van der Waals surface area contributed by atoms with Crippen LogP contribution in [0.15, 0.2) is 0 Å². The molecule has 1 spiro atoms. The topological polar surface area (TPSA) is 44.8 Å². The van der Waals surface area contributed by atoms with E-state index in [1.54, 1.807) is 0 Å². The molecule has 5 heteroatoms. The molecule has 0 unspecified atom stereocenters. The van der Waals surface area contributed by atoms with Gasteiger partial charge in [0.25, 0.3) is 0 Å². The van der Waals surface area contributed by atoms with Crippen molar-refractivity contribution in [3.63, 3.8) is 0 Å². The van der Waals surface area contributed by atoms with Crippen LogP contribution in [-0.2, 0) is 18.7 Å². The lowest BCUT2D eigenvalue weighted by Gasteiger charge is -2.43. The van der Waals surface area contributed by atoms with Crippen LogP contribution in [-0.4, -0.2) is 39.2 Å². The van der Waals surface area contributed by atoms with Gasteiger partial charge in [-0.1, -0.05) is 54.4 Å². The van der Waals surface area contributed by atoms with E-state index in [1.807, 2.05) is 13.8 Å². The molecule has 0 amide bonds. The monoisotopic (exact) mass is 486 g/mol. The van der Waals surface area contributed by atoms with Crippen molar-refractivity contribution in [2.45, 2.75) is 111 Å². The molecule has 1 aliphatic heterocycles. The Hall–Kier alpha value is -1.11. The predicted octanol–water partition coefficient (Wildman–Crippen LogP) is 6.20. The normalized spacial score (nSPS) is 30.6. The molecule has 190 valence electrons. The Labute approximate surface area is 209 Å². The lowest BCUT2D eigenvalue weighted by molar-refractivity contribution is -0.298. The van der Waals surface area contributed by atoms with E-state index in [-0.39, 0.29) is 34.2 Å². The summed E-state index contributed by atoms with van der Waals surface area (Å²) >= 11 is 0. The molecule has 0 aromatic rings. The van der Waals surface area contributed by atoms with Gasteiger partial charge in [-0.05, 0) is 42.3 Å². The minimum atomic E-state index is -1.96. The predicted molar refractivity (Wildman–Crippen MR) is 139 cm³/mol. The maximum absolute atomic E-state index is 12.8. The lowest BCUT2D eigenvalue weighted by atomic mass is 9.90. The van der Waals surface area contributed by atoms with Crippen LogP contribution in [0.1, 0.15) is 80.6 Å². The van der Waals surface area contributed by atoms with E-state index in [9.17, 15) is 4.79 Å². The van der Waals surface area contributed by atoms with Crippen LogP contribution < -0.4 is 0 Å². The highest BCUT2D eigenvalue weighted by Crippen LogP contribution is 2.56. The zero-order valence-corrected chi connectivity index (χ0v) is 24.0. The first-order valence-corrected chi connectivity index (χ1v) is 16.1. The summed E-state index contributed by atoms with van der Waals surface area (Å²) in [7, 11) is -1.96. The SMILES string of the molecule is CCC#CC[C@H](C)C(=O)C#C[C@@H]1[C@H]2CC3(C[C@H]2C[C@H]1O[Si](C)(C)C(C)(C)C)OCC(C)(C)CO3. The molecule has 0 aromatic carbocycles. The highest BCUT2D eigenvalue weighted by Gasteiger charge is 2.58. The molecular formula is C29H46O4Si. The van der Waals surface area contributed by atoms with Crippen LogP contribution >= 0.6 is 0 Å². The number of carbonyl (C=O) groups is 1. The van der Waals surface area contributed by atoms with Gasteiger partial charge in [0.15, 0.2) is 14.1 Å². The van der Waals surface area contributed by atoms with Crippen molar-refractivity contribution in [1.29, 1.82) is 0 Å². The zero-order valence-electron chi connectivity index (χ0n) is 23.0. The molecule has 0 bridgehead atoms. The quantitative estimate of drug-likeness (QED) is 0.269. The molecule has 3 aliphatic rings. The summed E-state index contributed by atoms with van der Waals surface area (Å²) in [5, 5.41) is 0.132. The van der Waals surface area contributed by atoms with E-state index in [2.05, 4.69) is 71.4 Å². The maximum Gasteiger partial charge on any atom is 0.209 e. The number of rotatable bonds is 4. The summed E-state index contributed by atoms with van der Waals surface area (Å²) in [4.78, 5) is 12.8. The van der Waals surface area contributed by atoms with Gasteiger partial charge in [0, 0.05) is 42.9 Å². The summed E-state index contributed by atoms with van der Waals surface area (Å²) in [6, 6.07) is 0. The molecule has 2 aliphatic carbocycles. The van der Waals surface area contributed by atoms with E-state index >= 15 is 0 Å². The zero-order chi connectivity index (χ0) is 25.4. The fraction of sp³-hybridized carbons (Fsp3) is 0.828. The minimum absolute atomic E-state index is 0.0143. The van der Waals surface area contributed by atoms with Crippen LogP contribution in [0.5, 0.6) is 0 Å². The Morgan fingerprint density at radius 1 is 1.15 bits per heavy atom.